The zero-order valence-electron chi connectivity index (χ0n) is 9.36. The molecule has 0 saturated heterocycles. The lowest BCUT2D eigenvalue weighted by Crippen LogP contribution is -2.16. The maximum absolute atomic E-state index is 4.37. The predicted octanol–water partition coefficient (Wildman–Crippen LogP) is 2.97. The summed E-state index contributed by atoms with van der Waals surface area (Å²) in [4.78, 5) is 8.75. The molecule has 0 amide bonds. The highest BCUT2D eigenvalue weighted by atomic mass is 14.9. The maximum Gasteiger partial charge on any atom is 0.115 e. The number of hydrogen-bond donors (Lipinski definition) is 0. The quantitative estimate of drug-likeness (QED) is 0.716. The van der Waals surface area contributed by atoms with Crippen molar-refractivity contribution in [2.45, 2.75) is 39.5 Å². The van der Waals surface area contributed by atoms with Gasteiger partial charge in [-0.15, -0.1) is 0 Å². The van der Waals surface area contributed by atoms with Crippen LogP contribution in [-0.4, -0.2) is 9.97 Å². The van der Waals surface area contributed by atoms with Gasteiger partial charge in [0.25, 0.3) is 0 Å². The molecule has 1 aromatic heterocycles. The Kier molecular flexibility index (Phi) is 2.30. The normalized spacial score (nSPS) is 25.0. The van der Waals surface area contributed by atoms with Crippen LogP contribution in [0.5, 0.6) is 0 Å². The maximum atomic E-state index is 4.37. The van der Waals surface area contributed by atoms with Crippen molar-refractivity contribution in [3.8, 4) is 0 Å². The Morgan fingerprint density at radius 2 is 1.36 bits per heavy atom. The molecule has 1 aliphatic rings. The van der Waals surface area contributed by atoms with Gasteiger partial charge in [0.15, 0.2) is 0 Å². The van der Waals surface area contributed by atoms with Crippen LogP contribution < -0.4 is 0 Å². The van der Waals surface area contributed by atoms with Crippen molar-refractivity contribution < 1.29 is 0 Å². The molecule has 2 rings (SSSR count). The molecule has 0 spiro atoms. The van der Waals surface area contributed by atoms with Gasteiger partial charge in [0, 0.05) is 23.2 Å². The van der Waals surface area contributed by atoms with E-state index in [9.17, 15) is 0 Å². The first kappa shape index (κ1) is 9.63. The van der Waals surface area contributed by atoms with Crippen molar-refractivity contribution in [2.24, 2.45) is 11.8 Å². The lowest BCUT2D eigenvalue weighted by molar-refractivity contribution is 0.355. The van der Waals surface area contributed by atoms with Crippen LogP contribution in [0.1, 0.15) is 50.9 Å². The first-order chi connectivity index (χ1) is 6.61. The van der Waals surface area contributed by atoms with E-state index in [4.69, 9.17) is 0 Å². The summed E-state index contributed by atoms with van der Waals surface area (Å²) in [5, 5.41) is 0. The van der Waals surface area contributed by atoms with Crippen molar-refractivity contribution in [3.63, 3.8) is 0 Å². The first-order valence-electron chi connectivity index (χ1n) is 5.43. The standard InChI is InChI=1S/C12H18N2/c1-7(2)11-9-5-10(14-6-13-9)12(11)8(3)4/h5-8,11-12H,1-4H3. The zero-order chi connectivity index (χ0) is 10.3. The van der Waals surface area contributed by atoms with Gasteiger partial charge in [-0.05, 0) is 17.9 Å². The molecule has 0 aromatic carbocycles. The van der Waals surface area contributed by atoms with Gasteiger partial charge in [-0.1, -0.05) is 27.7 Å². The fourth-order valence-electron chi connectivity index (χ4n) is 2.63. The van der Waals surface area contributed by atoms with Gasteiger partial charge in [0.05, 0.1) is 0 Å². The Bertz CT molecular complexity index is 302. The highest BCUT2D eigenvalue weighted by Gasteiger charge is 2.36. The molecule has 2 unspecified atom stereocenters. The van der Waals surface area contributed by atoms with Crippen LogP contribution in [0.25, 0.3) is 0 Å². The van der Waals surface area contributed by atoms with Crippen LogP contribution in [0, 0.1) is 11.8 Å². The van der Waals surface area contributed by atoms with Crippen LogP contribution in [0.15, 0.2) is 12.4 Å². The highest BCUT2D eigenvalue weighted by molar-refractivity contribution is 5.29. The second-order valence-electron chi connectivity index (χ2n) is 4.91. The van der Waals surface area contributed by atoms with Crippen LogP contribution in [0.4, 0.5) is 0 Å². The van der Waals surface area contributed by atoms with E-state index in [0.717, 1.165) is 0 Å². The third-order valence-corrected chi connectivity index (χ3v) is 3.22. The first-order valence-corrected chi connectivity index (χ1v) is 5.43. The van der Waals surface area contributed by atoms with Crippen molar-refractivity contribution in [2.75, 3.05) is 0 Å². The SMILES string of the molecule is CC(C)C1c2cc(ncn2)C1C(C)C. The molecule has 2 atom stereocenters. The number of fused-ring (bicyclic) bond motifs is 2. The van der Waals surface area contributed by atoms with E-state index < -0.39 is 0 Å². The van der Waals surface area contributed by atoms with E-state index in [-0.39, 0.29) is 0 Å². The van der Waals surface area contributed by atoms with E-state index in [2.05, 4.69) is 43.7 Å². The molecule has 0 aliphatic heterocycles. The van der Waals surface area contributed by atoms with E-state index in [1.807, 2.05) is 0 Å². The van der Waals surface area contributed by atoms with Crippen LogP contribution in [-0.2, 0) is 0 Å². The summed E-state index contributed by atoms with van der Waals surface area (Å²) in [6.45, 7) is 9.10. The van der Waals surface area contributed by atoms with Crippen LogP contribution in [0.3, 0.4) is 0 Å². The minimum absolute atomic E-state index is 0.576. The molecule has 0 saturated carbocycles. The summed E-state index contributed by atoms with van der Waals surface area (Å²) >= 11 is 0. The summed E-state index contributed by atoms with van der Waals surface area (Å²) in [7, 11) is 0. The van der Waals surface area contributed by atoms with E-state index in [0.29, 0.717) is 23.7 Å². The summed E-state index contributed by atoms with van der Waals surface area (Å²) in [5.74, 6) is 2.45. The van der Waals surface area contributed by atoms with Gasteiger partial charge in [-0.25, -0.2) is 9.97 Å². The van der Waals surface area contributed by atoms with E-state index in [1.54, 1.807) is 6.33 Å². The van der Waals surface area contributed by atoms with Crippen molar-refractivity contribution >= 4 is 0 Å². The average molecular weight is 190 g/mol. The zero-order valence-corrected chi connectivity index (χ0v) is 9.36. The fraction of sp³-hybridized carbons (Fsp3) is 0.667. The topological polar surface area (TPSA) is 25.8 Å². The minimum Gasteiger partial charge on any atom is -0.241 e. The van der Waals surface area contributed by atoms with Crippen molar-refractivity contribution in [1.82, 2.24) is 9.97 Å². The molecule has 1 aliphatic carbocycles. The molecule has 76 valence electrons. The summed E-state index contributed by atoms with van der Waals surface area (Å²) < 4.78 is 0. The summed E-state index contributed by atoms with van der Waals surface area (Å²) in [6.07, 6.45) is 1.71. The smallest absolute Gasteiger partial charge is 0.115 e. The number of aromatic nitrogens is 2. The third-order valence-electron chi connectivity index (χ3n) is 3.22. The van der Waals surface area contributed by atoms with Gasteiger partial charge >= 0.3 is 0 Å². The highest BCUT2D eigenvalue weighted by Crippen LogP contribution is 2.46. The van der Waals surface area contributed by atoms with E-state index >= 15 is 0 Å². The summed E-state index contributed by atoms with van der Waals surface area (Å²) in [6, 6.07) is 2.18. The average Bonchev–Trinajstić information content (AvgIpc) is 2.37. The van der Waals surface area contributed by atoms with Crippen molar-refractivity contribution in [3.05, 3.63) is 23.8 Å². The van der Waals surface area contributed by atoms with Gasteiger partial charge in [0.2, 0.25) is 0 Å². The Morgan fingerprint density at radius 3 is 1.71 bits per heavy atom. The monoisotopic (exact) mass is 190 g/mol. The molecule has 0 radical (unpaired) electrons. The molecule has 0 fully saturated rings. The second kappa shape index (κ2) is 3.34. The Hall–Kier alpha value is -0.920. The summed E-state index contributed by atoms with van der Waals surface area (Å²) in [5.41, 5.74) is 2.48. The third kappa shape index (κ3) is 1.33. The van der Waals surface area contributed by atoms with Gasteiger partial charge in [0.1, 0.15) is 6.33 Å². The molecular formula is C12H18N2. The van der Waals surface area contributed by atoms with Crippen LogP contribution >= 0.6 is 0 Å². The Balaban J connectivity index is 2.40. The lowest BCUT2D eigenvalue weighted by Gasteiger charge is -2.26. The van der Waals surface area contributed by atoms with Gasteiger partial charge in [-0.3, -0.25) is 0 Å². The largest absolute Gasteiger partial charge is 0.241 e. The Labute approximate surface area is 85.8 Å². The molecule has 1 aromatic rings. The van der Waals surface area contributed by atoms with Crippen LogP contribution in [0.2, 0.25) is 0 Å². The lowest BCUT2D eigenvalue weighted by atomic mass is 9.78. The van der Waals surface area contributed by atoms with Gasteiger partial charge in [-0.2, -0.15) is 0 Å². The molecular weight excluding hydrogens is 172 g/mol. The molecule has 14 heavy (non-hydrogen) atoms. The number of nitrogens with zero attached hydrogens (tertiary/aromatic N) is 2. The van der Waals surface area contributed by atoms with Crippen molar-refractivity contribution in [1.29, 1.82) is 0 Å². The minimum atomic E-state index is 0.576. The van der Waals surface area contributed by atoms with Gasteiger partial charge < -0.3 is 0 Å². The number of rotatable bonds is 2. The van der Waals surface area contributed by atoms with E-state index in [1.165, 1.54) is 11.4 Å². The second-order valence-corrected chi connectivity index (χ2v) is 4.91. The number of hydrogen-bond acceptors (Lipinski definition) is 2. The predicted molar refractivity (Wildman–Crippen MR) is 57.2 cm³/mol. The molecule has 2 heteroatoms. The fourth-order valence-corrected chi connectivity index (χ4v) is 2.63. The molecule has 2 bridgehead atoms. The Morgan fingerprint density at radius 1 is 0.929 bits per heavy atom. The molecule has 0 N–H and O–H groups in total. The molecule has 1 heterocycles. The molecule has 2 nitrogen and oxygen atoms in total.